The number of hydrogen-bond acceptors (Lipinski definition) is 9. The van der Waals surface area contributed by atoms with Crippen molar-refractivity contribution in [2.45, 2.75) is 63.6 Å². The molecule has 0 heterocycles. The van der Waals surface area contributed by atoms with Gasteiger partial charge in [0, 0.05) is 41.9 Å². The van der Waals surface area contributed by atoms with Crippen molar-refractivity contribution in [1.29, 1.82) is 0 Å². The SMILES string of the molecule is COc1cc(O)c2c(O)c3c(c4c2c1[C@@]1(C4)C(C)=CCCC1(C)C)[C@H](OC)[C@H]1CC(O)=C(C(N)=O)C(=O)[C@@]1(O)C3=O. The number of methoxy groups -OCH3 is 2. The lowest BCUT2D eigenvalue weighted by Gasteiger charge is -2.49. The van der Waals surface area contributed by atoms with Gasteiger partial charge in [-0.15, -0.1) is 0 Å². The number of carbonyl (C=O) groups is 3. The molecule has 10 heteroatoms. The predicted octanol–water partition coefficient (Wildman–Crippen LogP) is 3.32. The summed E-state index contributed by atoms with van der Waals surface area (Å²) in [4.78, 5) is 39.7. The van der Waals surface area contributed by atoms with E-state index in [2.05, 4.69) is 19.9 Å². The first-order chi connectivity index (χ1) is 19.2. The van der Waals surface area contributed by atoms with Crippen LogP contribution in [0, 0.1) is 11.3 Å². The predicted molar refractivity (Wildman–Crippen MR) is 147 cm³/mol. The summed E-state index contributed by atoms with van der Waals surface area (Å²) in [6.07, 6.45) is 2.67. The normalized spacial score (nSPS) is 30.0. The Hall–Kier alpha value is -3.89. The summed E-state index contributed by atoms with van der Waals surface area (Å²) in [6, 6.07) is 1.41. The Morgan fingerprint density at radius 3 is 2.37 bits per heavy atom. The summed E-state index contributed by atoms with van der Waals surface area (Å²) in [7, 11) is 2.86. The number of Topliss-reactive ketones (excluding diaryl/α,β-unsaturated/α-hetero) is 2. The van der Waals surface area contributed by atoms with Crippen LogP contribution < -0.4 is 10.5 Å². The Morgan fingerprint density at radius 1 is 1.10 bits per heavy atom. The molecular formula is C31H33NO9. The molecule has 4 aliphatic rings. The van der Waals surface area contributed by atoms with Crippen molar-refractivity contribution >= 4 is 28.2 Å². The molecule has 10 nitrogen and oxygen atoms in total. The summed E-state index contributed by atoms with van der Waals surface area (Å²) in [5, 5.41) is 45.9. The number of ether oxygens (including phenoxy) is 2. The van der Waals surface area contributed by atoms with Crippen molar-refractivity contribution < 1.29 is 44.3 Å². The number of aliphatic hydroxyl groups is 2. The van der Waals surface area contributed by atoms with Crippen molar-refractivity contribution in [3.05, 3.63) is 51.3 Å². The van der Waals surface area contributed by atoms with Gasteiger partial charge in [0.2, 0.25) is 11.6 Å². The largest absolute Gasteiger partial charge is 0.511 e. The van der Waals surface area contributed by atoms with E-state index in [4.69, 9.17) is 15.2 Å². The standard InChI is InChI=1S/C31H33NO9/c1-12-7-6-8-29(2,3)30(12)11-13-18-20(16(34)10-17(40-4)23(18)30)24(35)22-19(13)25(41-5)14-9-15(33)21(28(32)38)26(36)31(14,39)27(22)37/h7,10,14,25,33-35,39H,6,8-9,11H2,1-5H3,(H2,32,38)/t14-,25-,30-,31-/m1/s1. The van der Waals surface area contributed by atoms with Gasteiger partial charge in [0.15, 0.2) is 5.60 Å². The maximum atomic E-state index is 14.2. The third kappa shape index (κ3) is 2.96. The summed E-state index contributed by atoms with van der Waals surface area (Å²) < 4.78 is 11.7. The number of aliphatic hydroxyl groups excluding tert-OH is 1. The van der Waals surface area contributed by atoms with E-state index >= 15 is 0 Å². The molecule has 0 unspecified atom stereocenters. The zero-order valence-electron chi connectivity index (χ0n) is 23.5. The van der Waals surface area contributed by atoms with Crippen LogP contribution in [0.15, 0.2) is 29.0 Å². The van der Waals surface area contributed by atoms with Crippen molar-refractivity contribution in [1.82, 2.24) is 0 Å². The van der Waals surface area contributed by atoms with Gasteiger partial charge >= 0.3 is 0 Å². The summed E-state index contributed by atoms with van der Waals surface area (Å²) >= 11 is 0. The van der Waals surface area contributed by atoms with E-state index in [1.165, 1.54) is 20.3 Å². The number of phenolic OH excluding ortho intramolecular Hbond substituents is 2. The van der Waals surface area contributed by atoms with Gasteiger partial charge in [-0.25, -0.2) is 0 Å². The first-order valence-corrected chi connectivity index (χ1v) is 13.6. The second-order valence-electron chi connectivity index (χ2n) is 12.3. The Bertz CT molecular complexity index is 1680. The zero-order chi connectivity index (χ0) is 30.0. The quantitative estimate of drug-likeness (QED) is 0.213. The fraction of sp³-hybridized carbons (Fsp3) is 0.452. The minimum atomic E-state index is -2.84. The smallest absolute Gasteiger partial charge is 0.255 e. The molecule has 2 aromatic rings. The number of primary amides is 1. The van der Waals surface area contributed by atoms with Gasteiger partial charge in [0.05, 0.1) is 24.2 Å². The Balaban J connectivity index is 1.77. The van der Waals surface area contributed by atoms with E-state index in [0.717, 1.165) is 24.0 Å². The number of nitrogens with two attached hydrogens (primary N) is 1. The number of amides is 1. The van der Waals surface area contributed by atoms with E-state index in [1.807, 2.05) is 6.92 Å². The first kappa shape index (κ1) is 27.3. The number of carbonyl (C=O) groups excluding carboxylic acids is 3. The molecule has 0 saturated carbocycles. The number of aromatic hydroxyl groups is 2. The van der Waals surface area contributed by atoms with Gasteiger partial charge in [-0.1, -0.05) is 25.5 Å². The molecule has 0 radical (unpaired) electrons. The van der Waals surface area contributed by atoms with Gasteiger partial charge < -0.3 is 35.6 Å². The molecule has 0 saturated heterocycles. The van der Waals surface area contributed by atoms with Crippen LogP contribution in [0.5, 0.6) is 17.2 Å². The highest BCUT2D eigenvalue weighted by Crippen LogP contribution is 2.66. The van der Waals surface area contributed by atoms with Crippen LogP contribution in [0.1, 0.15) is 73.2 Å². The number of allylic oxidation sites excluding steroid dienone is 3. The average Bonchev–Trinajstić information content (AvgIpc) is 3.26. The maximum absolute atomic E-state index is 14.2. The number of hydrogen-bond donors (Lipinski definition) is 5. The van der Waals surface area contributed by atoms with E-state index in [-0.39, 0.29) is 27.7 Å². The average molecular weight is 564 g/mol. The van der Waals surface area contributed by atoms with Gasteiger partial charge in [0.25, 0.3) is 5.91 Å². The number of benzene rings is 2. The molecule has 1 spiro atoms. The van der Waals surface area contributed by atoms with Crippen LogP contribution in [-0.2, 0) is 26.2 Å². The van der Waals surface area contributed by atoms with Gasteiger partial charge in [0.1, 0.15) is 28.6 Å². The minimum Gasteiger partial charge on any atom is -0.511 e. The highest BCUT2D eigenvalue weighted by Gasteiger charge is 2.64. The van der Waals surface area contributed by atoms with Crippen LogP contribution in [0.4, 0.5) is 0 Å². The van der Waals surface area contributed by atoms with Crippen molar-refractivity contribution in [2.75, 3.05) is 14.2 Å². The van der Waals surface area contributed by atoms with Gasteiger partial charge in [-0.2, -0.15) is 0 Å². The zero-order valence-corrected chi connectivity index (χ0v) is 23.5. The van der Waals surface area contributed by atoms with E-state index in [9.17, 15) is 34.8 Å². The second kappa shape index (κ2) is 8.33. The highest BCUT2D eigenvalue weighted by molar-refractivity contribution is 6.33. The third-order valence-corrected chi connectivity index (χ3v) is 10.3. The summed E-state index contributed by atoms with van der Waals surface area (Å²) in [5.74, 6) is -6.25. The fourth-order valence-electron chi connectivity index (χ4n) is 8.35. The first-order valence-electron chi connectivity index (χ1n) is 13.6. The van der Waals surface area contributed by atoms with Crippen molar-refractivity contribution in [2.24, 2.45) is 17.1 Å². The van der Waals surface area contributed by atoms with Gasteiger partial charge in [-0.3, -0.25) is 14.4 Å². The Morgan fingerprint density at radius 2 is 1.78 bits per heavy atom. The van der Waals surface area contributed by atoms with E-state index < -0.39 is 64.0 Å². The maximum Gasteiger partial charge on any atom is 0.255 e. The lowest BCUT2D eigenvalue weighted by Crippen LogP contribution is -2.61. The summed E-state index contributed by atoms with van der Waals surface area (Å²) in [6.45, 7) is 6.36. The molecule has 6 rings (SSSR count). The van der Waals surface area contributed by atoms with Crippen LogP contribution >= 0.6 is 0 Å². The van der Waals surface area contributed by atoms with Gasteiger partial charge in [-0.05, 0) is 42.7 Å². The molecule has 6 N–H and O–H groups in total. The molecule has 1 amide bonds. The molecule has 41 heavy (non-hydrogen) atoms. The second-order valence-corrected chi connectivity index (χ2v) is 12.3. The molecule has 0 aliphatic heterocycles. The number of phenols is 2. The minimum absolute atomic E-state index is 0.00243. The molecule has 0 bridgehead atoms. The summed E-state index contributed by atoms with van der Waals surface area (Å²) in [5.41, 5.74) is 3.07. The van der Waals surface area contributed by atoms with Crippen LogP contribution in [-0.4, -0.2) is 57.7 Å². The Kier molecular flexibility index (Phi) is 5.54. The lowest BCUT2D eigenvalue weighted by atomic mass is 9.54. The van der Waals surface area contributed by atoms with Crippen molar-refractivity contribution in [3.8, 4) is 17.2 Å². The highest BCUT2D eigenvalue weighted by atomic mass is 16.5. The lowest BCUT2D eigenvalue weighted by molar-refractivity contribution is -0.145. The fourth-order valence-corrected chi connectivity index (χ4v) is 8.35. The molecule has 2 aromatic carbocycles. The number of rotatable bonds is 3. The third-order valence-electron chi connectivity index (χ3n) is 10.3. The molecule has 0 aromatic heterocycles. The van der Waals surface area contributed by atoms with Crippen molar-refractivity contribution in [3.63, 3.8) is 0 Å². The van der Waals surface area contributed by atoms with Crippen LogP contribution in [0.2, 0.25) is 0 Å². The van der Waals surface area contributed by atoms with Crippen LogP contribution in [0.25, 0.3) is 10.8 Å². The number of ketones is 2. The monoisotopic (exact) mass is 563 g/mol. The number of fused-ring (bicyclic) bond motifs is 4. The molecule has 4 aliphatic carbocycles. The molecule has 4 atom stereocenters. The molecule has 216 valence electrons. The molecular weight excluding hydrogens is 530 g/mol. The Labute approximate surface area is 236 Å². The van der Waals surface area contributed by atoms with Crippen LogP contribution in [0.3, 0.4) is 0 Å². The topological polar surface area (TPSA) is 177 Å². The van der Waals surface area contributed by atoms with E-state index in [1.54, 1.807) is 0 Å². The molecule has 0 fully saturated rings. The van der Waals surface area contributed by atoms with E-state index in [0.29, 0.717) is 23.1 Å².